The van der Waals surface area contributed by atoms with Gasteiger partial charge in [-0.05, 0) is 41.5 Å². The number of hydrogen-bond donors (Lipinski definition) is 1. The highest BCUT2D eigenvalue weighted by molar-refractivity contribution is 7.80. The van der Waals surface area contributed by atoms with Gasteiger partial charge >= 0.3 is 0 Å². The van der Waals surface area contributed by atoms with Crippen LogP contribution in [-0.2, 0) is 13.0 Å². The average Bonchev–Trinajstić information content (AvgIpc) is 2.75. The van der Waals surface area contributed by atoms with Gasteiger partial charge < -0.3 is 0 Å². The minimum atomic E-state index is 0.772. The second-order valence-electron chi connectivity index (χ2n) is 4.69. The van der Waals surface area contributed by atoms with Crippen molar-refractivity contribution in [2.75, 3.05) is 18.8 Å². The van der Waals surface area contributed by atoms with Gasteiger partial charge in [0.15, 0.2) is 0 Å². The quantitative estimate of drug-likeness (QED) is 0.789. The zero-order valence-corrected chi connectivity index (χ0v) is 11.7. The van der Waals surface area contributed by atoms with Gasteiger partial charge in [0, 0.05) is 24.5 Å². The molecule has 0 N–H and O–H groups in total. The van der Waals surface area contributed by atoms with Gasteiger partial charge in [-0.15, -0.1) is 11.3 Å². The van der Waals surface area contributed by atoms with E-state index in [9.17, 15) is 0 Å². The van der Waals surface area contributed by atoms with E-state index in [2.05, 4.69) is 35.9 Å². The molecule has 0 aliphatic carbocycles. The maximum atomic E-state index is 4.47. The Morgan fingerprint density at radius 1 is 1.56 bits per heavy atom. The molecule has 2 rings (SSSR count). The van der Waals surface area contributed by atoms with Crippen molar-refractivity contribution in [3.63, 3.8) is 0 Å². The van der Waals surface area contributed by atoms with Crippen LogP contribution in [0.15, 0.2) is 11.4 Å². The van der Waals surface area contributed by atoms with Crippen LogP contribution < -0.4 is 0 Å². The predicted molar refractivity (Wildman–Crippen MR) is 75.6 cm³/mol. The van der Waals surface area contributed by atoms with Crippen LogP contribution in [0.3, 0.4) is 0 Å². The highest BCUT2D eigenvalue weighted by Gasteiger charge is 2.19. The van der Waals surface area contributed by atoms with Gasteiger partial charge in [-0.2, -0.15) is 12.6 Å². The fraction of sp³-hybridized carbons (Fsp3) is 0.692. The third kappa shape index (κ3) is 3.02. The molecule has 2 heterocycles. The molecule has 3 heteroatoms. The number of thiol groups is 1. The molecule has 0 spiro atoms. The van der Waals surface area contributed by atoms with Crippen LogP contribution in [0, 0.1) is 5.92 Å². The van der Waals surface area contributed by atoms with Crippen molar-refractivity contribution >= 4 is 24.0 Å². The second-order valence-corrected chi connectivity index (χ2v) is 6.06. The molecule has 1 unspecified atom stereocenters. The van der Waals surface area contributed by atoms with Crippen molar-refractivity contribution in [2.24, 2.45) is 5.92 Å². The van der Waals surface area contributed by atoms with E-state index in [1.165, 1.54) is 32.4 Å². The summed E-state index contributed by atoms with van der Waals surface area (Å²) in [5, 5.41) is 2.23. The summed E-state index contributed by atoms with van der Waals surface area (Å²) in [6, 6.07) is 2.29. The van der Waals surface area contributed by atoms with Crippen LogP contribution in [-0.4, -0.2) is 23.7 Å². The summed E-state index contributed by atoms with van der Waals surface area (Å²) >= 11 is 6.39. The molecule has 1 atom stereocenters. The van der Waals surface area contributed by atoms with E-state index in [0.717, 1.165) is 18.2 Å². The first-order valence-corrected chi connectivity index (χ1v) is 7.73. The Morgan fingerprint density at radius 3 is 3.19 bits per heavy atom. The number of hydrogen-bond acceptors (Lipinski definition) is 3. The van der Waals surface area contributed by atoms with E-state index in [1.807, 2.05) is 11.3 Å². The lowest BCUT2D eigenvalue weighted by molar-refractivity contribution is 0.218. The molecule has 16 heavy (non-hydrogen) atoms. The molecule has 1 aromatic rings. The molecule has 1 aromatic heterocycles. The van der Waals surface area contributed by atoms with Crippen LogP contribution in [0.2, 0.25) is 0 Å². The molecule has 90 valence electrons. The van der Waals surface area contributed by atoms with E-state index in [1.54, 1.807) is 10.4 Å². The van der Waals surface area contributed by atoms with Gasteiger partial charge in [0.1, 0.15) is 0 Å². The number of thiophene rings is 1. The number of fused-ring (bicyclic) bond motifs is 1. The summed E-state index contributed by atoms with van der Waals surface area (Å²) < 4.78 is 0. The molecule has 1 aliphatic heterocycles. The van der Waals surface area contributed by atoms with Gasteiger partial charge in [0.05, 0.1) is 0 Å². The fourth-order valence-corrected chi connectivity index (χ4v) is 3.66. The second kappa shape index (κ2) is 6.08. The lowest BCUT2D eigenvalue weighted by Gasteiger charge is -2.30. The van der Waals surface area contributed by atoms with Gasteiger partial charge in [-0.25, -0.2) is 0 Å². The molecular weight excluding hydrogens is 234 g/mol. The molecular formula is C13H21NS2. The lowest BCUT2D eigenvalue weighted by atomic mass is 10.0. The van der Waals surface area contributed by atoms with Gasteiger partial charge in [-0.3, -0.25) is 4.90 Å². The van der Waals surface area contributed by atoms with Gasteiger partial charge in [0.25, 0.3) is 0 Å². The van der Waals surface area contributed by atoms with E-state index in [0.29, 0.717) is 0 Å². The highest BCUT2D eigenvalue weighted by atomic mass is 32.1. The Morgan fingerprint density at radius 2 is 2.44 bits per heavy atom. The number of rotatable bonds is 5. The Hall–Kier alpha value is 0.0100. The molecule has 0 radical (unpaired) electrons. The monoisotopic (exact) mass is 255 g/mol. The normalized spacial score (nSPS) is 18.4. The van der Waals surface area contributed by atoms with Crippen molar-refractivity contribution in [3.05, 3.63) is 21.9 Å². The van der Waals surface area contributed by atoms with Crippen LogP contribution in [0.4, 0.5) is 0 Å². The summed E-state index contributed by atoms with van der Waals surface area (Å²) in [6.07, 6.45) is 3.84. The summed E-state index contributed by atoms with van der Waals surface area (Å²) in [5.74, 6) is 1.80. The maximum Gasteiger partial charge on any atom is 0.0245 e. The Balaban J connectivity index is 1.88. The van der Waals surface area contributed by atoms with Gasteiger partial charge in [0.2, 0.25) is 0 Å². The van der Waals surface area contributed by atoms with E-state index in [4.69, 9.17) is 0 Å². The van der Waals surface area contributed by atoms with Crippen molar-refractivity contribution in [1.29, 1.82) is 0 Å². The average molecular weight is 255 g/mol. The summed E-state index contributed by atoms with van der Waals surface area (Å²) in [6.45, 7) is 5.89. The Kier molecular flexibility index (Phi) is 4.74. The molecule has 0 saturated heterocycles. The highest BCUT2D eigenvalue weighted by Crippen LogP contribution is 2.25. The smallest absolute Gasteiger partial charge is 0.0245 e. The molecule has 1 nitrogen and oxygen atoms in total. The Labute approximate surface area is 108 Å². The molecule has 1 aliphatic rings. The summed E-state index contributed by atoms with van der Waals surface area (Å²) in [7, 11) is 0. The molecule has 0 saturated carbocycles. The molecule has 0 bridgehead atoms. The lowest BCUT2D eigenvalue weighted by Crippen LogP contribution is -2.34. The van der Waals surface area contributed by atoms with E-state index in [-0.39, 0.29) is 0 Å². The van der Waals surface area contributed by atoms with Crippen LogP contribution >= 0.6 is 24.0 Å². The summed E-state index contributed by atoms with van der Waals surface area (Å²) in [4.78, 5) is 4.21. The predicted octanol–water partition coefficient (Wildman–Crippen LogP) is 3.45. The number of nitrogens with zero attached hydrogens (tertiary/aromatic N) is 1. The maximum absolute atomic E-state index is 4.47. The van der Waals surface area contributed by atoms with Crippen molar-refractivity contribution < 1.29 is 0 Å². The van der Waals surface area contributed by atoms with E-state index >= 15 is 0 Å². The topological polar surface area (TPSA) is 3.24 Å². The largest absolute Gasteiger partial charge is 0.298 e. The first-order chi connectivity index (χ1) is 7.83. The third-order valence-electron chi connectivity index (χ3n) is 3.36. The van der Waals surface area contributed by atoms with Crippen LogP contribution in [0.25, 0.3) is 0 Å². The minimum Gasteiger partial charge on any atom is -0.298 e. The molecule has 0 fully saturated rings. The van der Waals surface area contributed by atoms with Gasteiger partial charge in [-0.1, -0.05) is 13.3 Å². The van der Waals surface area contributed by atoms with Crippen molar-refractivity contribution in [3.8, 4) is 0 Å². The zero-order chi connectivity index (χ0) is 11.4. The first kappa shape index (κ1) is 12.5. The van der Waals surface area contributed by atoms with E-state index < -0.39 is 0 Å². The molecule has 0 aromatic carbocycles. The minimum absolute atomic E-state index is 0.772. The van der Waals surface area contributed by atoms with Crippen LogP contribution in [0.1, 0.15) is 30.2 Å². The SMILES string of the molecule is CCCC(CS)CN1CCc2sccc2C1. The summed E-state index contributed by atoms with van der Waals surface area (Å²) in [5.41, 5.74) is 1.56. The Bertz CT molecular complexity index is 321. The molecule has 0 amide bonds. The zero-order valence-electron chi connectivity index (χ0n) is 9.98. The van der Waals surface area contributed by atoms with Crippen LogP contribution in [0.5, 0.6) is 0 Å². The van der Waals surface area contributed by atoms with Crippen molar-refractivity contribution in [1.82, 2.24) is 4.90 Å². The fourth-order valence-electron chi connectivity index (χ4n) is 2.48. The third-order valence-corrected chi connectivity index (χ3v) is 4.90. The van der Waals surface area contributed by atoms with Crippen molar-refractivity contribution in [2.45, 2.75) is 32.7 Å². The standard InChI is InChI=1S/C13H21NS2/c1-2-3-11(10-15)8-14-6-4-13-12(9-14)5-7-16-13/h5,7,11,15H,2-4,6,8-10H2,1H3. The first-order valence-electron chi connectivity index (χ1n) is 6.22.